The number of thiophene rings is 1. The first-order valence-corrected chi connectivity index (χ1v) is 13.4. The third kappa shape index (κ3) is 5.54. The number of benzene rings is 1. The van der Waals surface area contributed by atoms with E-state index in [0.717, 1.165) is 32.0 Å². The van der Waals surface area contributed by atoms with E-state index in [1.165, 1.54) is 23.1 Å². The molecule has 1 atom stereocenters. The highest BCUT2D eigenvalue weighted by Gasteiger charge is 2.44. The number of hydrogen-bond donors (Lipinski definition) is 3. The highest BCUT2D eigenvalue weighted by atomic mass is 32.2. The number of rotatable bonds is 8. The summed E-state index contributed by atoms with van der Waals surface area (Å²) in [5, 5.41) is 32.3. The van der Waals surface area contributed by atoms with Gasteiger partial charge in [0.1, 0.15) is 16.3 Å². The minimum atomic E-state index is -0.802. The van der Waals surface area contributed by atoms with Crippen LogP contribution in [0.5, 0.6) is 0 Å². The lowest BCUT2D eigenvalue weighted by molar-refractivity contribution is -0.164. The fourth-order valence-corrected chi connectivity index (χ4v) is 6.39. The quantitative estimate of drug-likeness (QED) is 0.373. The van der Waals surface area contributed by atoms with Crippen LogP contribution in [0.3, 0.4) is 0 Å². The van der Waals surface area contributed by atoms with E-state index in [4.69, 9.17) is 4.74 Å². The van der Waals surface area contributed by atoms with Crippen molar-refractivity contribution in [1.82, 2.24) is 0 Å². The van der Waals surface area contributed by atoms with E-state index >= 15 is 0 Å². The fourth-order valence-electron chi connectivity index (χ4n) is 4.35. The van der Waals surface area contributed by atoms with Crippen LogP contribution in [0.2, 0.25) is 0 Å². The Labute approximate surface area is 210 Å². The first-order valence-electron chi connectivity index (χ1n) is 11.7. The molecule has 0 aliphatic carbocycles. The van der Waals surface area contributed by atoms with Crippen molar-refractivity contribution in [2.24, 2.45) is 5.92 Å². The molecule has 7 heteroatoms. The van der Waals surface area contributed by atoms with Crippen molar-refractivity contribution in [3.8, 4) is 0 Å². The second-order valence-electron chi connectivity index (χ2n) is 10.4. The average molecular weight is 505 g/mol. The maximum absolute atomic E-state index is 13.2. The Kier molecular flexibility index (Phi) is 8.23. The molecular formula is C27H36O5S2. The monoisotopic (exact) mass is 504 g/mol. The number of ether oxygens (including phenoxy) is 1. The molecule has 1 aliphatic heterocycles. The first kappa shape index (κ1) is 26.8. The van der Waals surface area contributed by atoms with Gasteiger partial charge >= 0.3 is 5.97 Å². The second-order valence-corrected chi connectivity index (χ2v) is 12.4. The molecule has 0 radical (unpaired) electrons. The Morgan fingerprint density at radius 2 is 1.88 bits per heavy atom. The van der Waals surface area contributed by atoms with E-state index in [9.17, 15) is 20.1 Å². The van der Waals surface area contributed by atoms with Gasteiger partial charge in [-0.3, -0.25) is 0 Å². The number of carbonyl (C=O) groups excluding carboxylic acids is 1. The summed E-state index contributed by atoms with van der Waals surface area (Å²) in [5.74, 6) is -0.428. The largest absolute Gasteiger partial charge is 0.511 e. The molecule has 0 amide bonds. The zero-order chi connectivity index (χ0) is 25.3. The number of cyclic esters (lactones) is 1. The summed E-state index contributed by atoms with van der Waals surface area (Å²) in [5.41, 5.74) is 2.85. The molecule has 3 rings (SSSR count). The van der Waals surface area contributed by atoms with Gasteiger partial charge in [0.2, 0.25) is 0 Å². The topological polar surface area (TPSA) is 87.0 Å². The summed E-state index contributed by atoms with van der Waals surface area (Å²) >= 11 is 2.76. The Hall–Kier alpha value is -1.80. The number of thioether (sulfide) groups is 1. The third-order valence-corrected chi connectivity index (χ3v) is 8.80. The summed E-state index contributed by atoms with van der Waals surface area (Å²) < 4.78 is 6.09. The van der Waals surface area contributed by atoms with Crippen LogP contribution in [-0.2, 0) is 34.6 Å². The van der Waals surface area contributed by atoms with Crippen LogP contribution in [0, 0.1) is 12.8 Å². The van der Waals surface area contributed by atoms with Crippen molar-refractivity contribution in [2.75, 3.05) is 0 Å². The number of hydrogen-bond acceptors (Lipinski definition) is 7. The smallest absolute Gasteiger partial charge is 0.349 e. The van der Waals surface area contributed by atoms with Crippen LogP contribution >= 0.6 is 23.1 Å². The highest BCUT2D eigenvalue weighted by Crippen LogP contribution is 2.45. The van der Waals surface area contributed by atoms with Gasteiger partial charge in [0.05, 0.1) is 13.2 Å². The van der Waals surface area contributed by atoms with Crippen LogP contribution in [-0.4, -0.2) is 26.9 Å². The molecule has 0 spiro atoms. The summed E-state index contributed by atoms with van der Waals surface area (Å²) in [4.78, 5) is 15.3. The Morgan fingerprint density at radius 1 is 1.18 bits per heavy atom. The van der Waals surface area contributed by atoms with E-state index < -0.39 is 11.6 Å². The van der Waals surface area contributed by atoms with Crippen LogP contribution < -0.4 is 0 Å². The molecule has 0 fully saturated rings. The van der Waals surface area contributed by atoms with Crippen molar-refractivity contribution in [1.29, 1.82) is 0 Å². The molecule has 2 aromatic rings. The van der Waals surface area contributed by atoms with Gasteiger partial charge in [0.25, 0.3) is 0 Å². The number of aryl methyl sites for hydroxylation is 2. The summed E-state index contributed by atoms with van der Waals surface area (Å²) in [6.45, 7) is 12.2. The van der Waals surface area contributed by atoms with Crippen LogP contribution in [0.15, 0.2) is 39.1 Å². The number of aliphatic hydroxyl groups is 3. The first-order chi connectivity index (χ1) is 15.9. The maximum atomic E-state index is 13.2. The molecule has 1 aromatic carbocycles. The average Bonchev–Trinajstić information content (AvgIpc) is 3.21. The van der Waals surface area contributed by atoms with E-state index in [1.807, 2.05) is 44.4 Å². The molecule has 3 N–H and O–H groups in total. The summed E-state index contributed by atoms with van der Waals surface area (Å²) in [7, 11) is 0. The second kappa shape index (κ2) is 10.4. The van der Waals surface area contributed by atoms with Gasteiger partial charge in [-0.25, -0.2) is 4.79 Å². The molecule has 0 saturated heterocycles. The van der Waals surface area contributed by atoms with Gasteiger partial charge in [-0.15, -0.1) is 11.3 Å². The lowest BCUT2D eigenvalue weighted by Crippen LogP contribution is -2.44. The number of carbonyl (C=O) groups is 1. The predicted molar refractivity (Wildman–Crippen MR) is 138 cm³/mol. The number of esters is 1. The van der Waals surface area contributed by atoms with Crippen molar-refractivity contribution in [3.63, 3.8) is 0 Å². The highest BCUT2D eigenvalue weighted by molar-refractivity contribution is 8.04. The predicted octanol–water partition coefficient (Wildman–Crippen LogP) is 6.17. The van der Waals surface area contributed by atoms with Gasteiger partial charge in [-0.2, -0.15) is 0 Å². The van der Waals surface area contributed by atoms with Crippen LogP contribution in [0.25, 0.3) is 0 Å². The zero-order valence-electron chi connectivity index (χ0n) is 20.9. The lowest BCUT2D eigenvalue weighted by atomic mass is 9.80. The van der Waals surface area contributed by atoms with Gasteiger partial charge in [-0.1, -0.05) is 52.4 Å². The Balaban J connectivity index is 1.92. The van der Waals surface area contributed by atoms with Crippen molar-refractivity contribution < 1.29 is 24.9 Å². The number of aliphatic hydroxyl groups excluding tert-OH is 3. The van der Waals surface area contributed by atoms with E-state index in [-0.39, 0.29) is 41.6 Å². The van der Waals surface area contributed by atoms with Gasteiger partial charge in [0, 0.05) is 16.2 Å². The molecule has 0 saturated carbocycles. The van der Waals surface area contributed by atoms with Gasteiger partial charge in [-0.05, 0) is 70.9 Å². The molecule has 1 aromatic heterocycles. The van der Waals surface area contributed by atoms with Crippen LogP contribution in [0.4, 0.5) is 0 Å². The molecular weight excluding hydrogens is 468 g/mol. The zero-order valence-corrected chi connectivity index (χ0v) is 22.5. The lowest BCUT2D eigenvalue weighted by Gasteiger charge is -2.40. The normalized spacial score (nSPS) is 19.1. The van der Waals surface area contributed by atoms with Crippen molar-refractivity contribution >= 4 is 29.1 Å². The Bertz CT molecular complexity index is 1080. The molecule has 186 valence electrons. The van der Waals surface area contributed by atoms with Crippen LogP contribution in [0.1, 0.15) is 74.6 Å². The molecule has 2 heterocycles. The van der Waals surface area contributed by atoms with Gasteiger partial charge < -0.3 is 20.1 Å². The Morgan fingerprint density at radius 3 is 2.44 bits per heavy atom. The standard InChI is InChI=1S/C27H36O5S2/c1-16(2)27(9-7-18-8-10-33-23(18)15-29)13-21(30)24(25(31)32-27)34-22-11-17(3)19(14-28)12-20(22)26(4,5)6/h8,10-12,16,28-30H,7,9,13-15H2,1-6H3. The summed E-state index contributed by atoms with van der Waals surface area (Å²) in [6, 6.07) is 5.96. The van der Waals surface area contributed by atoms with Crippen molar-refractivity contribution in [3.05, 3.63) is 61.4 Å². The van der Waals surface area contributed by atoms with E-state index in [1.54, 1.807) is 0 Å². The van der Waals surface area contributed by atoms with Gasteiger partial charge in [0.15, 0.2) is 0 Å². The minimum absolute atomic E-state index is 0.00198. The van der Waals surface area contributed by atoms with E-state index in [2.05, 4.69) is 20.8 Å². The maximum Gasteiger partial charge on any atom is 0.349 e. The molecule has 34 heavy (non-hydrogen) atoms. The van der Waals surface area contributed by atoms with Crippen molar-refractivity contribution in [2.45, 2.75) is 89.9 Å². The fraction of sp³-hybridized carbons (Fsp3) is 0.519. The minimum Gasteiger partial charge on any atom is -0.511 e. The van der Waals surface area contributed by atoms with E-state index in [0.29, 0.717) is 12.8 Å². The third-order valence-electron chi connectivity index (χ3n) is 6.69. The molecule has 1 aliphatic rings. The SMILES string of the molecule is Cc1cc(SC2=C(O)CC(CCc3ccsc3CO)(C(C)C)OC2=O)c(C(C)(C)C)cc1CO. The summed E-state index contributed by atoms with van der Waals surface area (Å²) in [6.07, 6.45) is 1.49. The molecule has 1 unspecified atom stereocenters. The molecule has 5 nitrogen and oxygen atoms in total. The molecule has 0 bridgehead atoms.